The molecule has 1 unspecified atom stereocenters. The summed E-state index contributed by atoms with van der Waals surface area (Å²) < 4.78 is 12.0. The zero-order valence-electron chi connectivity index (χ0n) is 15.7. The number of hydrogen-bond donors (Lipinski definition) is 2. The lowest BCUT2D eigenvalue weighted by Crippen LogP contribution is -2.32. The summed E-state index contributed by atoms with van der Waals surface area (Å²) in [7, 11) is 0. The van der Waals surface area contributed by atoms with E-state index in [-0.39, 0.29) is 24.5 Å². The van der Waals surface area contributed by atoms with E-state index in [2.05, 4.69) is 26.6 Å². The van der Waals surface area contributed by atoms with Crippen LogP contribution in [0.4, 0.5) is 5.69 Å². The minimum atomic E-state index is -0.333. The first-order valence-electron chi connectivity index (χ1n) is 9.20. The van der Waals surface area contributed by atoms with Crippen LogP contribution < -0.4 is 15.4 Å². The Labute approximate surface area is 172 Å². The van der Waals surface area contributed by atoms with Crippen molar-refractivity contribution in [3.63, 3.8) is 0 Å². The quantitative estimate of drug-likeness (QED) is 0.679. The summed E-state index contributed by atoms with van der Waals surface area (Å²) in [5, 5.41) is 5.62. The minimum Gasteiger partial charge on any atom is -0.484 e. The number of ether oxygens (including phenoxy) is 2. The predicted octanol–water partition coefficient (Wildman–Crippen LogP) is 3.68. The maximum atomic E-state index is 12.5. The van der Waals surface area contributed by atoms with Crippen LogP contribution >= 0.6 is 15.9 Å². The molecule has 1 fully saturated rings. The van der Waals surface area contributed by atoms with Gasteiger partial charge in [-0.1, -0.05) is 28.1 Å². The van der Waals surface area contributed by atoms with Crippen molar-refractivity contribution in [2.75, 3.05) is 25.1 Å². The molecule has 1 heterocycles. The highest BCUT2D eigenvalue weighted by Gasteiger charge is 2.18. The fourth-order valence-corrected chi connectivity index (χ4v) is 3.19. The Hall–Kier alpha value is -2.38. The zero-order chi connectivity index (χ0) is 19.9. The van der Waals surface area contributed by atoms with Gasteiger partial charge in [-0.3, -0.25) is 9.59 Å². The molecule has 0 radical (unpaired) electrons. The normalized spacial score (nSPS) is 15.9. The van der Waals surface area contributed by atoms with Gasteiger partial charge in [0, 0.05) is 17.6 Å². The molecule has 2 aromatic rings. The van der Waals surface area contributed by atoms with Gasteiger partial charge in [-0.2, -0.15) is 0 Å². The van der Waals surface area contributed by atoms with Crippen molar-refractivity contribution < 1.29 is 19.1 Å². The van der Waals surface area contributed by atoms with Gasteiger partial charge in [0.2, 0.25) is 0 Å². The third-order valence-corrected chi connectivity index (χ3v) is 5.35. The Morgan fingerprint density at radius 3 is 2.82 bits per heavy atom. The van der Waals surface area contributed by atoms with Crippen LogP contribution in [0.3, 0.4) is 0 Å². The van der Waals surface area contributed by atoms with Gasteiger partial charge in [-0.25, -0.2) is 0 Å². The van der Waals surface area contributed by atoms with Crippen LogP contribution in [0.2, 0.25) is 0 Å². The second-order valence-electron chi connectivity index (χ2n) is 6.64. The fourth-order valence-electron chi connectivity index (χ4n) is 2.94. The molecule has 7 heteroatoms. The predicted molar refractivity (Wildman–Crippen MR) is 111 cm³/mol. The van der Waals surface area contributed by atoms with Crippen molar-refractivity contribution in [2.45, 2.75) is 25.9 Å². The minimum absolute atomic E-state index is 0.0634. The van der Waals surface area contributed by atoms with E-state index in [0.29, 0.717) is 23.5 Å². The molecular weight excluding hydrogens is 424 g/mol. The van der Waals surface area contributed by atoms with E-state index in [1.54, 1.807) is 30.3 Å². The smallest absolute Gasteiger partial charge is 0.262 e. The monoisotopic (exact) mass is 446 g/mol. The van der Waals surface area contributed by atoms with Gasteiger partial charge in [0.15, 0.2) is 6.61 Å². The summed E-state index contributed by atoms with van der Waals surface area (Å²) in [6, 6.07) is 12.4. The van der Waals surface area contributed by atoms with Gasteiger partial charge in [-0.15, -0.1) is 0 Å². The van der Waals surface area contributed by atoms with Gasteiger partial charge in [-0.05, 0) is 55.7 Å². The number of para-hydroxylation sites is 1. The average molecular weight is 447 g/mol. The average Bonchev–Trinajstić information content (AvgIpc) is 3.21. The molecule has 2 aromatic carbocycles. The van der Waals surface area contributed by atoms with Gasteiger partial charge < -0.3 is 20.1 Å². The molecule has 0 saturated carbocycles. The number of halogens is 1. The molecule has 0 aromatic heterocycles. The Balaban J connectivity index is 1.56. The third kappa shape index (κ3) is 5.56. The first kappa shape index (κ1) is 20.4. The number of amides is 2. The van der Waals surface area contributed by atoms with E-state index < -0.39 is 0 Å². The van der Waals surface area contributed by atoms with Crippen molar-refractivity contribution >= 4 is 33.4 Å². The third-order valence-electron chi connectivity index (χ3n) is 4.46. The molecule has 2 amide bonds. The van der Waals surface area contributed by atoms with Crippen LogP contribution in [0.5, 0.6) is 5.75 Å². The summed E-state index contributed by atoms with van der Waals surface area (Å²) in [6.45, 7) is 3.01. The molecule has 1 aliphatic rings. The molecule has 0 spiro atoms. The topological polar surface area (TPSA) is 76.7 Å². The molecule has 6 nitrogen and oxygen atoms in total. The highest BCUT2D eigenvalue weighted by molar-refractivity contribution is 9.10. The van der Waals surface area contributed by atoms with E-state index in [1.165, 1.54) is 0 Å². The first-order chi connectivity index (χ1) is 13.5. The highest BCUT2D eigenvalue weighted by atomic mass is 79.9. The van der Waals surface area contributed by atoms with Crippen molar-refractivity contribution in [3.8, 4) is 5.75 Å². The summed E-state index contributed by atoms with van der Waals surface area (Å²) >= 11 is 3.43. The number of hydrogen-bond acceptors (Lipinski definition) is 4. The second-order valence-corrected chi connectivity index (χ2v) is 7.49. The molecule has 3 rings (SSSR count). The van der Waals surface area contributed by atoms with E-state index in [4.69, 9.17) is 9.47 Å². The van der Waals surface area contributed by atoms with Gasteiger partial charge in [0.25, 0.3) is 11.8 Å². The Morgan fingerprint density at radius 2 is 2.07 bits per heavy atom. The Morgan fingerprint density at radius 1 is 1.25 bits per heavy atom. The molecule has 0 aliphatic carbocycles. The SMILES string of the molecule is Cc1cc(OCC(=O)Nc2ccccc2C(=O)NCC2CCCO2)ccc1Br. The van der Waals surface area contributed by atoms with Gasteiger partial charge in [0.05, 0.1) is 17.4 Å². The van der Waals surface area contributed by atoms with Crippen LogP contribution in [0.15, 0.2) is 46.9 Å². The lowest BCUT2D eigenvalue weighted by Gasteiger charge is -2.14. The standard InChI is InChI=1S/C21H23BrN2O4/c1-14-11-15(8-9-18(14)22)28-13-20(25)24-19-7-3-2-6-17(19)21(26)23-12-16-5-4-10-27-16/h2-3,6-9,11,16H,4-5,10,12-13H2,1H3,(H,23,26)(H,24,25). The summed E-state index contributed by atoms with van der Waals surface area (Å²) in [6.07, 6.45) is 2.03. The number of aryl methyl sites for hydroxylation is 1. The lowest BCUT2D eigenvalue weighted by molar-refractivity contribution is -0.118. The van der Waals surface area contributed by atoms with Crippen molar-refractivity contribution in [1.82, 2.24) is 5.32 Å². The molecule has 28 heavy (non-hydrogen) atoms. The fraction of sp³-hybridized carbons (Fsp3) is 0.333. The van der Waals surface area contributed by atoms with Crippen LogP contribution in [0.25, 0.3) is 0 Å². The van der Waals surface area contributed by atoms with Crippen molar-refractivity contribution in [1.29, 1.82) is 0 Å². The number of nitrogens with one attached hydrogen (secondary N) is 2. The molecule has 2 N–H and O–H groups in total. The van der Waals surface area contributed by atoms with E-state index >= 15 is 0 Å². The number of carbonyl (C=O) groups excluding carboxylic acids is 2. The first-order valence-corrected chi connectivity index (χ1v) is 10.00. The van der Waals surface area contributed by atoms with Crippen molar-refractivity contribution in [3.05, 3.63) is 58.1 Å². The van der Waals surface area contributed by atoms with Crippen LogP contribution in [0, 0.1) is 6.92 Å². The number of rotatable bonds is 7. The van der Waals surface area contributed by atoms with Crippen LogP contribution in [0.1, 0.15) is 28.8 Å². The number of anilines is 1. The lowest BCUT2D eigenvalue weighted by atomic mass is 10.1. The molecule has 0 bridgehead atoms. The molecule has 1 aliphatic heterocycles. The maximum Gasteiger partial charge on any atom is 0.262 e. The number of benzene rings is 2. The Bertz CT molecular complexity index is 850. The van der Waals surface area contributed by atoms with Crippen LogP contribution in [-0.4, -0.2) is 37.7 Å². The van der Waals surface area contributed by atoms with E-state index in [9.17, 15) is 9.59 Å². The summed E-state index contributed by atoms with van der Waals surface area (Å²) in [4.78, 5) is 24.8. The molecule has 1 atom stereocenters. The summed E-state index contributed by atoms with van der Waals surface area (Å²) in [5.41, 5.74) is 1.88. The van der Waals surface area contributed by atoms with Gasteiger partial charge in [0.1, 0.15) is 5.75 Å². The molecule has 148 valence electrons. The highest BCUT2D eigenvalue weighted by Crippen LogP contribution is 2.22. The number of carbonyl (C=O) groups is 2. The van der Waals surface area contributed by atoms with E-state index in [0.717, 1.165) is 29.5 Å². The summed E-state index contributed by atoms with van der Waals surface area (Å²) in [5.74, 6) is 0.0363. The zero-order valence-corrected chi connectivity index (χ0v) is 17.3. The van der Waals surface area contributed by atoms with Crippen molar-refractivity contribution in [2.24, 2.45) is 0 Å². The maximum absolute atomic E-state index is 12.5. The Kier molecular flexibility index (Phi) is 7.06. The van der Waals surface area contributed by atoms with Gasteiger partial charge >= 0.3 is 0 Å². The van der Waals surface area contributed by atoms with E-state index in [1.807, 2.05) is 19.1 Å². The molecular formula is C21H23BrN2O4. The molecule has 1 saturated heterocycles. The second kappa shape index (κ2) is 9.71. The van der Waals surface area contributed by atoms with Crippen LogP contribution in [-0.2, 0) is 9.53 Å². The largest absolute Gasteiger partial charge is 0.484 e.